The van der Waals surface area contributed by atoms with E-state index in [1.165, 1.54) is 5.56 Å². The van der Waals surface area contributed by atoms with Crippen LogP contribution in [0.4, 0.5) is 10.6 Å². The van der Waals surface area contributed by atoms with Crippen molar-refractivity contribution in [3.63, 3.8) is 0 Å². The van der Waals surface area contributed by atoms with Crippen molar-refractivity contribution in [3.8, 4) is 16.3 Å². The van der Waals surface area contributed by atoms with E-state index in [1.807, 2.05) is 60.0 Å². The van der Waals surface area contributed by atoms with Crippen LogP contribution in [0.2, 0.25) is 0 Å². The number of hydrogen-bond donors (Lipinski definition) is 5. The van der Waals surface area contributed by atoms with E-state index >= 15 is 0 Å². The van der Waals surface area contributed by atoms with Crippen molar-refractivity contribution >= 4 is 29.1 Å². The molecule has 1 unspecified atom stereocenters. The molecule has 10 heteroatoms. The standard InChI is InChI=1S/C28H29N5O4S/c34-17-21(35)16-29-27(36)14-18-5-3-7-20(13-18)33-26(15-24(32-33)25-9-4-12-38-25)31-28(37)30-23-11-10-19-6-1-2-8-22(19)23/h1-9,12-13,15,21,23,34-35H,10-11,14,16-17H2,(H,29,36)(H2,30,31,37)/t21?,23-/m0/s1. The van der Waals surface area contributed by atoms with Crippen LogP contribution in [-0.4, -0.2) is 51.2 Å². The van der Waals surface area contributed by atoms with Crippen molar-refractivity contribution < 1.29 is 19.8 Å². The second-order valence-corrected chi connectivity index (χ2v) is 10.1. The molecule has 1 aliphatic rings. The zero-order chi connectivity index (χ0) is 26.5. The fraction of sp³-hybridized carbons (Fsp3) is 0.250. The summed E-state index contributed by atoms with van der Waals surface area (Å²) in [5, 5.41) is 33.8. The number of anilines is 1. The Morgan fingerprint density at radius 1 is 1.11 bits per heavy atom. The first-order valence-corrected chi connectivity index (χ1v) is 13.3. The second kappa shape index (κ2) is 11.6. The topological polar surface area (TPSA) is 129 Å². The van der Waals surface area contributed by atoms with E-state index in [4.69, 9.17) is 10.2 Å². The number of aliphatic hydroxyl groups is 2. The Balaban J connectivity index is 1.36. The highest BCUT2D eigenvalue weighted by Crippen LogP contribution is 2.31. The van der Waals surface area contributed by atoms with Gasteiger partial charge in [-0.3, -0.25) is 10.1 Å². The van der Waals surface area contributed by atoms with Crippen LogP contribution in [0.15, 0.2) is 72.1 Å². The van der Waals surface area contributed by atoms with Gasteiger partial charge in [-0.25, -0.2) is 9.48 Å². The number of aliphatic hydroxyl groups excluding tert-OH is 2. The molecule has 9 nitrogen and oxygen atoms in total. The minimum atomic E-state index is -0.998. The molecule has 5 rings (SSSR count). The minimum Gasteiger partial charge on any atom is -0.394 e. The van der Waals surface area contributed by atoms with Crippen molar-refractivity contribution in [1.29, 1.82) is 0 Å². The van der Waals surface area contributed by atoms with Gasteiger partial charge in [0.2, 0.25) is 5.91 Å². The number of rotatable bonds is 9. The van der Waals surface area contributed by atoms with E-state index in [-0.39, 0.29) is 30.9 Å². The van der Waals surface area contributed by atoms with Gasteiger partial charge >= 0.3 is 6.03 Å². The Kier molecular flexibility index (Phi) is 7.83. The fourth-order valence-corrected chi connectivity index (χ4v) is 5.25. The summed E-state index contributed by atoms with van der Waals surface area (Å²) in [5.41, 5.74) is 4.56. The first-order valence-electron chi connectivity index (χ1n) is 12.4. The lowest BCUT2D eigenvalue weighted by molar-refractivity contribution is -0.121. The van der Waals surface area contributed by atoms with Crippen LogP contribution in [0.5, 0.6) is 0 Å². The molecular formula is C28H29N5O4S. The first kappa shape index (κ1) is 25.7. The quantitative estimate of drug-likeness (QED) is 0.226. The van der Waals surface area contributed by atoms with Gasteiger partial charge in [0.25, 0.3) is 0 Å². The molecule has 0 bridgehead atoms. The van der Waals surface area contributed by atoms with E-state index < -0.39 is 12.7 Å². The number of carbonyl (C=O) groups excluding carboxylic acids is 2. The van der Waals surface area contributed by atoms with Gasteiger partial charge in [-0.15, -0.1) is 11.3 Å². The lowest BCUT2D eigenvalue weighted by Crippen LogP contribution is -2.34. The van der Waals surface area contributed by atoms with E-state index in [0.29, 0.717) is 11.5 Å². The molecule has 3 amide bonds. The molecule has 5 N–H and O–H groups in total. The molecule has 0 saturated heterocycles. The molecule has 2 atom stereocenters. The van der Waals surface area contributed by atoms with Crippen molar-refractivity contribution in [2.45, 2.75) is 31.4 Å². The van der Waals surface area contributed by atoms with Crippen LogP contribution in [0.25, 0.3) is 16.3 Å². The summed E-state index contributed by atoms with van der Waals surface area (Å²) < 4.78 is 1.66. The SMILES string of the molecule is O=C(Cc1cccc(-n2nc(-c3cccs3)cc2NC(=O)N[C@H]2CCc3ccccc32)c1)NCC(O)CO. The van der Waals surface area contributed by atoms with Gasteiger partial charge in [0.05, 0.1) is 35.7 Å². The number of nitrogens with one attached hydrogen (secondary N) is 3. The zero-order valence-corrected chi connectivity index (χ0v) is 21.4. The van der Waals surface area contributed by atoms with Gasteiger partial charge in [-0.2, -0.15) is 5.10 Å². The molecule has 38 heavy (non-hydrogen) atoms. The average Bonchev–Trinajstić information content (AvgIpc) is 3.68. The Hall–Kier alpha value is -3.99. The van der Waals surface area contributed by atoms with Gasteiger partial charge in [0, 0.05) is 12.6 Å². The van der Waals surface area contributed by atoms with Crippen molar-refractivity contribution in [3.05, 3.63) is 88.8 Å². The molecule has 0 aliphatic heterocycles. The minimum absolute atomic E-state index is 0.0208. The number of fused-ring (bicyclic) bond motifs is 1. The van der Waals surface area contributed by atoms with Crippen LogP contribution in [0.3, 0.4) is 0 Å². The highest BCUT2D eigenvalue weighted by molar-refractivity contribution is 7.13. The van der Waals surface area contributed by atoms with Crippen LogP contribution >= 0.6 is 11.3 Å². The molecular weight excluding hydrogens is 502 g/mol. The second-order valence-electron chi connectivity index (χ2n) is 9.18. The van der Waals surface area contributed by atoms with Gasteiger partial charge in [-0.1, -0.05) is 42.5 Å². The smallest absolute Gasteiger partial charge is 0.320 e. The Bertz CT molecular complexity index is 1420. The number of thiophene rings is 1. The molecule has 0 spiro atoms. The molecule has 2 heterocycles. The van der Waals surface area contributed by atoms with E-state index in [0.717, 1.165) is 34.5 Å². The number of amides is 3. The van der Waals surface area contributed by atoms with E-state index in [2.05, 4.69) is 28.1 Å². The summed E-state index contributed by atoms with van der Waals surface area (Å²) in [6.45, 7) is -0.439. The predicted octanol–water partition coefficient (Wildman–Crippen LogP) is 3.42. The monoisotopic (exact) mass is 531 g/mol. The third-order valence-electron chi connectivity index (χ3n) is 6.43. The molecule has 2 aromatic carbocycles. The van der Waals surface area contributed by atoms with Crippen molar-refractivity contribution in [1.82, 2.24) is 20.4 Å². The number of aromatic nitrogens is 2. The summed E-state index contributed by atoms with van der Waals surface area (Å²) in [7, 11) is 0. The summed E-state index contributed by atoms with van der Waals surface area (Å²) in [6.07, 6.45) is 0.880. The maximum atomic E-state index is 13.1. The van der Waals surface area contributed by atoms with Crippen molar-refractivity contribution in [2.75, 3.05) is 18.5 Å². The molecule has 2 aromatic heterocycles. The van der Waals surface area contributed by atoms with Gasteiger partial charge < -0.3 is 20.8 Å². The van der Waals surface area contributed by atoms with Crippen molar-refractivity contribution in [2.24, 2.45) is 0 Å². The Morgan fingerprint density at radius 2 is 1.97 bits per heavy atom. The molecule has 0 fully saturated rings. The number of aryl methyl sites for hydroxylation is 1. The summed E-state index contributed by atoms with van der Waals surface area (Å²) >= 11 is 1.56. The number of carbonyl (C=O) groups is 2. The lowest BCUT2D eigenvalue weighted by Gasteiger charge is -2.16. The van der Waals surface area contributed by atoms with Crippen LogP contribution in [0, 0.1) is 0 Å². The van der Waals surface area contributed by atoms with Gasteiger partial charge in [0.1, 0.15) is 11.5 Å². The Labute approximate surface area is 224 Å². The van der Waals surface area contributed by atoms with Gasteiger partial charge in [-0.05, 0) is 53.1 Å². The zero-order valence-electron chi connectivity index (χ0n) is 20.6. The number of benzene rings is 2. The normalized spacial score (nSPS) is 15.1. The first-order chi connectivity index (χ1) is 18.5. The maximum Gasteiger partial charge on any atom is 0.320 e. The fourth-order valence-electron chi connectivity index (χ4n) is 4.57. The third-order valence-corrected chi connectivity index (χ3v) is 7.32. The largest absolute Gasteiger partial charge is 0.394 e. The molecule has 0 saturated carbocycles. The summed E-state index contributed by atoms with van der Waals surface area (Å²) in [6, 6.07) is 20.9. The maximum absolute atomic E-state index is 13.1. The van der Waals surface area contributed by atoms with E-state index in [1.54, 1.807) is 16.0 Å². The van der Waals surface area contributed by atoms with Crippen LogP contribution in [-0.2, 0) is 17.6 Å². The molecule has 4 aromatic rings. The highest BCUT2D eigenvalue weighted by Gasteiger charge is 2.24. The average molecular weight is 532 g/mol. The Morgan fingerprint density at radius 3 is 2.79 bits per heavy atom. The van der Waals surface area contributed by atoms with Crippen LogP contribution < -0.4 is 16.0 Å². The predicted molar refractivity (Wildman–Crippen MR) is 146 cm³/mol. The van der Waals surface area contributed by atoms with Gasteiger partial charge in [0.15, 0.2) is 0 Å². The summed E-state index contributed by atoms with van der Waals surface area (Å²) in [5.74, 6) is 0.230. The summed E-state index contributed by atoms with van der Waals surface area (Å²) in [4.78, 5) is 26.4. The number of urea groups is 1. The van der Waals surface area contributed by atoms with E-state index in [9.17, 15) is 14.7 Å². The lowest BCUT2D eigenvalue weighted by atomic mass is 10.1. The molecule has 1 aliphatic carbocycles. The number of hydrogen-bond acceptors (Lipinski definition) is 6. The highest BCUT2D eigenvalue weighted by atomic mass is 32.1. The number of nitrogens with zero attached hydrogens (tertiary/aromatic N) is 2. The molecule has 0 radical (unpaired) electrons. The van der Waals surface area contributed by atoms with Crippen LogP contribution in [0.1, 0.15) is 29.2 Å². The molecule has 196 valence electrons. The third kappa shape index (κ3) is 5.94.